The molecule has 2 N–H and O–H groups in total. The van der Waals surface area contributed by atoms with Gasteiger partial charge in [-0.3, -0.25) is 4.79 Å². The molecule has 1 aromatic carbocycles. The van der Waals surface area contributed by atoms with E-state index in [0.29, 0.717) is 24.6 Å². The lowest BCUT2D eigenvalue weighted by molar-refractivity contribution is -0.112. The second-order valence-electron chi connectivity index (χ2n) is 4.54. The van der Waals surface area contributed by atoms with E-state index in [1.54, 1.807) is 42.7 Å². The summed E-state index contributed by atoms with van der Waals surface area (Å²) in [6.07, 6.45) is 2.93. The molecule has 6 heteroatoms. The van der Waals surface area contributed by atoms with Crippen molar-refractivity contribution in [2.45, 2.75) is 13.5 Å². The minimum Gasteiger partial charge on any atom is -0.494 e. The SMILES string of the molecule is CCOc1ccc(NC(=O)/C(C#N)=C\NCc2ccco2)cc1. The minimum atomic E-state index is -0.483. The number of carbonyl (C=O) groups excluding carboxylic acids is 1. The van der Waals surface area contributed by atoms with Crippen LogP contribution < -0.4 is 15.4 Å². The zero-order chi connectivity index (χ0) is 16.5. The smallest absolute Gasteiger partial charge is 0.267 e. The molecule has 1 heterocycles. The Morgan fingerprint density at radius 1 is 1.35 bits per heavy atom. The fraction of sp³-hybridized carbons (Fsp3) is 0.176. The molecule has 0 aliphatic carbocycles. The zero-order valence-electron chi connectivity index (χ0n) is 12.7. The fourth-order valence-corrected chi connectivity index (χ4v) is 1.82. The first-order valence-electron chi connectivity index (χ1n) is 7.13. The van der Waals surface area contributed by atoms with E-state index in [4.69, 9.17) is 14.4 Å². The number of rotatable bonds is 7. The molecule has 0 spiro atoms. The van der Waals surface area contributed by atoms with E-state index in [9.17, 15) is 4.79 Å². The van der Waals surface area contributed by atoms with Crippen LogP contribution in [0.4, 0.5) is 5.69 Å². The van der Waals surface area contributed by atoms with Crippen molar-refractivity contribution in [3.63, 3.8) is 0 Å². The molecule has 0 saturated carbocycles. The lowest BCUT2D eigenvalue weighted by Crippen LogP contribution is -2.16. The van der Waals surface area contributed by atoms with Crippen molar-refractivity contribution >= 4 is 11.6 Å². The van der Waals surface area contributed by atoms with E-state index >= 15 is 0 Å². The van der Waals surface area contributed by atoms with Gasteiger partial charge in [-0.05, 0) is 43.3 Å². The lowest BCUT2D eigenvalue weighted by Gasteiger charge is -2.06. The van der Waals surface area contributed by atoms with Gasteiger partial charge in [-0.15, -0.1) is 0 Å². The van der Waals surface area contributed by atoms with E-state index in [1.165, 1.54) is 6.20 Å². The van der Waals surface area contributed by atoms with E-state index < -0.39 is 5.91 Å². The Morgan fingerprint density at radius 2 is 2.13 bits per heavy atom. The van der Waals surface area contributed by atoms with Crippen LogP contribution in [-0.4, -0.2) is 12.5 Å². The molecule has 0 bridgehead atoms. The minimum absolute atomic E-state index is 0.0227. The Labute approximate surface area is 134 Å². The summed E-state index contributed by atoms with van der Waals surface area (Å²) in [6, 6.07) is 12.4. The highest BCUT2D eigenvalue weighted by atomic mass is 16.5. The summed E-state index contributed by atoms with van der Waals surface area (Å²) in [4.78, 5) is 12.1. The van der Waals surface area contributed by atoms with Gasteiger partial charge in [0.05, 0.1) is 19.4 Å². The summed E-state index contributed by atoms with van der Waals surface area (Å²) in [5, 5.41) is 14.6. The van der Waals surface area contributed by atoms with Crippen molar-refractivity contribution < 1.29 is 13.9 Å². The summed E-state index contributed by atoms with van der Waals surface area (Å²) in [7, 11) is 0. The molecule has 2 rings (SSSR count). The molecule has 0 radical (unpaired) electrons. The van der Waals surface area contributed by atoms with Crippen molar-refractivity contribution in [2.75, 3.05) is 11.9 Å². The van der Waals surface area contributed by atoms with E-state index in [-0.39, 0.29) is 5.57 Å². The maximum Gasteiger partial charge on any atom is 0.267 e. The Hall–Kier alpha value is -3.20. The molecule has 0 aliphatic rings. The summed E-state index contributed by atoms with van der Waals surface area (Å²) >= 11 is 0. The Bertz CT molecular complexity index is 698. The highest BCUT2D eigenvalue weighted by molar-refractivity contribution is 6.06. The van der Waals surface area contributed by atoms with Crippen molar-refractivity contribution in [3.05, 3.63) is 60.2 Å². The van der Waals surface area contributed by atoms with Crippen LogP contribution in [0.5, 0.6) is 5.75 Å². The molecule has 0 fully saturated rings. The number of nitrogens with one attached hydrogen (secondary N) is 2. The van der Waals surface area contributed by atoms with Gasteiger partial charge in [-0.1, -0.05) is 0 Å². The van der Waals surface area contributed by atoms with Gasteiger partial charge >= 0.3 is 0 Å². The van der Waals surface area contributed by atoms with Crippen molar-refractivity contribution in [2.24, 2.45) is 0 Å². The zero-order valence-corrected chi connectivity index (χ0v) is 12.7. The maximum absolute atomic E-state index is 12.1. The van der Waals surface area contributed by atoms with Crippen LogP contribution in [0.15, 0.2) is 58.9 Å². The second-order valence-corrected chi connectivity index (χ2v) is 4.54. The van der Waals surface area contributed by atoms with Crippen molar-refractivity contribution in [1.82, 2.24) is 5.32 Å². The number of anilines is 1. The number of nitrogens with zero attached hydrogens (tertiary/aromatic N) is 1. The van der Waals surface area contributed by atoms with E-state index in [1.807, 2.05) is 13.0 Å². The van der Waals surface area contributed by atoms with Gasteiger partial charge in [-0.25, -0.2) is 0 Å². The van der Waals surface area contributed by atoms with Gasteiger partial charge in [0.2, 0.25) is 0 Å². The number of hydrogen-bond donors (Lipinski definition) is 2. The van der Waals surface area contributed by atoms with Gasteiger partial charge < -0.3 is 19.8 Å². The molecule has 0 saturated heterocycles. The molecule has 0 atom stereocenters. The third-order valence-electron chi connectivity index (χ3n) is 2.89. The number of hydrogen-bond acceptors (Lipinski definition) is 5. The van der Waals surface area contributed by atoms with Crippen LogP contribution in [0.2, 0.25) is 0 Å². The van der Waals surface area contributed by atoms with E-state index in [2.05, 4.69) is 10.6 Å². The van der Waals surface area contributed by atoms with Gasteiger partial charge in [0.25, 0.3) is 5.91 Å². The molecule has 0 aliphatic heterocycles. The molecule has 0 unspecified atom stereocenters. The van der Waals surface area contributed by atoms with Gasteiger partial charge in [0.15, 0.2) is 0 Å². The number of benzene rings is 1. The molecule has 6 nitrogen and oxygen atoms in total. The summed E-state index contributed by atoms with van der Waals surface area (Å²) < 4.78 is 10.5. The third kappa shape index (κ3) is 4.93. The number of amides is 1. The first-order chi connectivity index (χ1) is 11.2. The molecule has 1 amide bonds. The molecule has 1 aromatic heterocycles. The van der Waals surface area contributed by atoms with Crippen LogP contribution in [0.3, 0.4) is 0 Å². The number of carbonyl (C=O) groups is 1. The van der Waals surface area contributed by atoms with Crippen LogP contribution >= 0.6 is 0 Å². The molecular weight excluding hydrogens is 294 g/mol. The number of nitriles is 1. The summed E-state index contributed by atoms with van der Waals surface area (Å²) in [5.41, 5.74) is 0.566. The van der Waals surface area contributed by atoms with Crippen molar-refractivity contribution in [1.29, 1.82) is 5.26 Å². The largest absolute Gasteiger partial charge is 0.494 e. The topological polar surface area (TPSA) is 87.3 Å². The highest BCUT2D eigenvalue weighted by Crippen LogP contribution is 2.16. The average Bonchev–Trinajstić information content (AvgIpc) is 3.07. The predicted octanol–water partition coefficient (Wildman–Crippen LogP) is 2.81. The van der Waals surface area contributed by atoms with Gasteiger partial charge in [0.1, 0.15) is 23.2 Å². The number of ether oxygens (including phenoxy) is 1. The average molecular weight is 311 g/mol. The van der Waals surface area contributed by atoms with Crippen LogP contribution in [0.1, 0.15) is 12.7 Å². The van der Waals surface area contributed by atoms with Crippen LogP contribution in [-0.2, 0) is 11.3 Å². The first-order valence-corrected chi connectivity index (χ1v) is 7.13. The predicted molar refractivity (Wildman–Crippen MR) is 85.5 cm³/mol. The third-order valence-corrected chi connectivity index (χ3v) is 2.89. The standard InChI is InChI=1S/C17H17N3O3/c1-2-22-15-7-5-14(6-8-15)20-17(21)13(10-18)11-19-12-16-4-3-9-23-16/h3-9,11,19H,2,12H2,1H3,(H,20,21)/b13-11-. The van der Waals surface area contributed by atoms with Crippen LogP contribution in [0.25, 0.3) is 0 Å². The Morgan fingerprint density at radius 3 is 2.74 bits per heavy atom. The highest BCUT2D eigenvalue weighted by Gasteiger charge is 2.09. The van der Waals surface area contributed by atoms with Gasteiger partial charge in [0, 0.05) is 11.9 Å². The van der Waals surface area contributed by atoms with Gasteiger partial charge in [-0.2, -0.15) is 5.26 Å². The fourth-order valence-electron chi connectivity index (χ4n) is 1.82. The van der Waals surface area contributed by atoms with Crippen LogP contribution in [0, 0.1) is 11.3 Å². The Kier molecular flexibility index (Phi) is 5.83. The van der Waals surface area contributed by atoms with E-state index in [0.717, 1.165) is 5.75 Å². The Balaban J connectivity index is 1.92. The quantitative estimate of drug-likeness (QED) is 0.606. The summed E-state index contributed by atoms with van der Waals surface area (Å²) in [6.45, 7) is 2.87. The second kappa shape index (κ2) is 8.29. The molecule has 23 heavy (non-hydrogen) atoms. The maximum atomic E-state index is 12.1. The normalized spacial score (nSPS) is 10.7. The molecular formula is C17H17N3O3. The monoisotopic (exact) mass is 311 g/mol. The lowest BCUT2D eigenvalue weighted by atomic mass is 10.2. The molecule has 118 valence electrons. The summed E-state index contributed by atoms with van der Waals surface area (Å²) in [5.74, 6) is 0.954. The van der Waals surface area contributed by atoms with Crippen molar-refractivity contribution in [3.8, 4) is 11.8 Å². The molecule has 2 aromatic rings. The number of furan rings is 1. The first kappa shape index (κ1) is 16.2.